The van der Waals surface area contributed by atoms with Crippen LogP contribution in [-0.2, 0) is 18.1 Å². The minimum atomic E-state index is -2.07. The summed E-state index contributed by atoms with van der Waals surface area (Å²) in [7, 11) is -5.62. The van der Waals surface area contributed by atoms with Gasteiger partial charge in [0.05, 0.1) is 6.42 Å². The number of nitrogens with zero attached hydrogens (tertiary/aromatic N) is 1. The highest BCUT2D eigenvalue weighted by Gasteiger charge is 2.40. The standard InChI is InChI=1S/C20H47NO4Si3/c1-12-23-28(11,24-13-2)18-14-16-21(26(6,7)8)17-15-19(22)25-27(9,10)20(3,4)5/h12-18H2,1-11H3. The second kappa shape index (κ2) is 11.4. The molecule has 0 heterocycles. The van der Waals surface area contributed by atoms with Gasteiger partial charge in [-0.25, -0.2) is 0 Å². The molecular formula is C20H47NO4Si3. The van der Waals surface area contributed by atoms with Gasteiger partial charge in [0.2, 0.25) is 0 Å². The van der Waals surface area contributed by atoms with Crippen LogP contribution in [0, 0.1) is 0 Å². The van der Waals surface area contributed by atoms with Crippen molar-refractivity contribution in [2.75, 3.05) is 26.3 Å². The van der Waals surface area contributed by atoms with Crippen LogP contribution >= 0.6 is 0 Å². The molecule has 0 fully saturated rings. The SMILES string of the molecule is CCO[Si](C)(CCCN(CCC(=O)O[Si](C)(C)C(C)(C)C)[Si](C)(C)C)OCC. The molecule has 0 aliphatic rings. The number of carbonyl (C=O) groups excluding carboxylic acids is 1. The molecule has 0 rings (SSSR count). The lowest BCUT2D eigenvalue weighted by Crippen LogP contribution is -2.49. The van der Waals surface area contributed by atoms with Crippen molar-refractivity contribution in [3.63, 3.8) is 0 Å². The maximum atomic E-state index is 12.5. The predicted molar refractivity (Wildman–Crippen MR) is 127 cm³/mol. The molecule has 0 atom stereocenters. The smallest absolute Gasteiger partial charge is 0.334 e. The highest BCUT2D eigenvalue weighted by Crippen LogP contribution is 2.36. The lowest BCUT2D eigenvalue weighted by Gasteiger charge is -2.37. The van der Waals surface area contributed by atoms with Crippen molar-refractivity contribution in [3.05, 3.63) is 0 Å². The maximum Gasteiger partial charge on any atom is 0.334 e. The predicted octanol–water partition coefficient (Wildman–Crippen LogP) is 5.60. The van der Waals surface area contributed by atoms with Gasteiger partial charge in [0.15, 0.2) is 0 Å². The zero-order valence-corrected chi connectivity index (χ0v) is 23.5. The lowest BCUT2D eigenvalue weighted by molar-refractivity contribution is -0.135. The molecule has 5 nitrogen and oxygen atoms in total. The number of carbonyl (C=O) groups is 1. The summed E-state index contributed by atoms with van der Waals surface area (Å²) < 4.78 is 20.4. The zero-order chi connectivity index (χ0) is 22.2. The largest absolute Gasteiger partial charge is 0.519 e. The van der Waals surface area contributed by atoms with Crippen molar-refractivity contribution in [3.8, 4) is 0 Å². The summed E-state index contributed by atoms with van der Waals surface area (Å²) >= 11 is 0. The minimum absolute atomic E-state index is 0.0438. The molecule has 0 aromatic rings. The van der Waals surface area contributed by atoms with Crippen molar-refractivity contribution in [2.24, 2.45) is 0 Å². The molecule has 0 bridgehead atoms. The number of hydrogen-bond donors (Lipinski definition) is 0. The monoisotopic (exact) mass is 449 g/mol. The summed E-state index contributed by atoms with van der Waals surface area (Å²) in [5.41, 5.74) is 0. The molecule has 168 valence electrons. The van der Waals surface area contributed by atoms with Crippen LogP contribution in [0.25, 0.3) is 0 Å². The third kappa shape index (κ3) is 10.2. The van der Waals surface area contributed by atoms with E-state index in [0.29, 0.717) is 19.6 Å². The van der Waals surface area contributed by atoms with E-state index in [9.17, 15) is 4.79 Å². The average Bonchev–Trinajstić information content (AvgIpc) is 2.48. The molecule has 8 heteroatoms. The van der Waals surface area contributed by atoms with Crippen LogP contribution in [-0.4, -0.2) is 62.0 Å². The molecule has 0 saturated heterocycles. The molecule has 28 heavy (non-hydrogen) atoms. The molecule has 0 N–H and O–H groups in total. The fourth-order valence-electron chi connectivity index (χ4n) is 2.89. The van der Waals surface area contributed by atoms with Gasteiger partial charge in [-0.2, -0.15) is 0 Å². The van der Waals surface area contributed by atoms with Gasteiger partial charge >= 0.3 is 8.56 Å². The highest BCUT2D eigenvalue weighted by molar-refractivity contribution is 6.75. The molecule has 0 spiro atoms. The van der Waals surface area contributed by atoms with Crippen molar-refractivity contribution in [1.82, 2.24) is 4.57 Å². The van der Waals surface area contributed by atoms with E-state index in [-0.39, 0.29) is 11.0 Å². The fourth-order valence-corrected chi connectivity index (χ4v) is 7.87. The minimum Gasteiger partial charge on any atom is -0.519 e. The van der Waals surface area contributed by atoms with E-state index in [1.807, 2.05) is 13.8 Å². The first kappa shape index (κ1) is 28.0. The summed E-state index contributed by atoms with van der Waals surface area (Å²) in [5.74, 6) is -0.0438. The highest BCUT2D eigenvalue weighted by atomic mass is 28.4. The molecule has 0 aromatic carbocycles. The van der Waals surface area contributed by atoms with E-state index in [0.717, 1.165) is 25.6 Å². The van der Waals surface area contributed by atoms with E-state index in [2.05, 4.69) is 64.6 Å². The van der Waals surface area contributed by atoms with Gasteiger partial charge in [-0.1, -0.05) is 40.4 Å². The van der Waals surface area contributed by atoms with Gasteiger partial charge in [0, 0.05) is 19.8 Å². The Balaban J connectivity index is 4.76. The van der Waals surface area contributed by atoms with Gasteiger partial charge in [-0.3, -0.25) is 4.79 Å². The molecule has 0 radical (unpaired) electrons. The first-order valence-electron chi connectivity index (χ1n) is 10.8. The van der Waals surface area contributed by atoms with E-state index in [4.69, 9.17) is 13.3 Å². The van der Waals surface area contributed by atoms with Crippen LogP contribution < -0.4 is 0 Å². The molecule has 0 aliphatic heterocycles. The number of rotatable bonds is 13. The van der Waals surface area contributed by atoms with Gasteiger partial charge < -0.3 is 17.8 Å². The van der Waals surface area contributed by atoms with Crippen LogP contribution in [0.4, 0.5) is 0 Å². The summed E-state index contributed by atoms with van der Waals surface area (Å²) in [6.45, 7) is 27.2. The van der Waals surface area contributed by atoms with Crippen molar-refractivity contribution >= 4 is 31.1 Å². The van der Waals surface area contributed by atoms with Crippen molar-refractivity contribution in [2.45, 2.75) is 97.8 Å². The molecule has 0 aromatic heterocycles. The lowest BCUT2D eigenvalue weighted by atomic mass is 10.2. The average molecular weight is 450 g/mol. The molecule has 0 aliphatic carbocycles. The van der Waals surface area contributed by atoms with E-state index in [1.165, 1.54) is 0 Å². The summed E-state index contributed by atoms with van der Waals surface area (Å²) in [6, 6.07) is 0.990. The molecular weight excluding hydrogens is 402 g/mol. The fraction of sp³-hybridized carbons (Fsp3) is 0.950. The Bertz CT molecular complexity index is 467. The third-order valence-corrected chi connectivity index (χ3v) is 15.4. The van der Waals surface area contributed by atoms with E-state index < -0.39 is 25.1 Å². The van der Waals surface area contributed by atoms with Gasteiger partial charge in [0.1, 0.15) is 8.24 Å². The molecule has 0 saturated carbocycles. The zero-order valence-electron chi connectivity index (χ0n) is 20.5. The Kier molecular flexibility index (Phi) is 11.4. The normalized spacial score (nSPS) is 13.9. The molecule has 0 unspecified atom stereocenters. The van der Waals surface area contributed by atoms with Crippen LogP contribution in [0.15, 0.2) is 0 Å². The Hall–Kier alpha value is 0.000649. The topological polar surface area (TPSA) is 48.0 Å². The van der Waals surface area contributed by atoms with Gasteiger partial charge in [-0.15, -0.1) is 0 Å². The van der Waals surface area contributed by atoms with Crippen molar-refractivity contribution in [1.29, 1.82) is 0 Å². The second-order valence-electron chi connectivity index (χ2n) is 10.2. The van der Waals surface area contributed by atoms with Crippen LogP contribution in [0.1, 0.15) is 47.5 Å². The first-order chi connectivity index (χ1) is 12.6. The maximum absolute atomic E-state index is 12.5. The summed E-state index contributed by atoms with van der Waals surface area (Å²) in [5, 5.41) is 0.0504. The molecule has 0 amide bonds. The number of hydrogen-bond acceptors (Lipinski definition) is 5. The Morgan fingerprint density at radius 3 is 1.79 bits per heavy atom. The Labute approximate surface area is 178 Å². The Morgan fingerprint density at radius 1 is 0.893 bits per heavy atom. The van der Waals surface area contributed by atoms with Crippen LogP contribution in [0.2, 0.25) is 50.4 Å². The Morgan fingerprint density at radius 2 is 1.39 bits per heavy atom. The summed E-state index contributed by atoms with van der Waals surface area (Å²) in [6.07, 6.45) is 1.52. The van der Waals surface area contributed by atoms with Crippen LogP contribution in [0.5, 0.6) is 0 Å². The van der Waals surface area contributed by atoms with Gasteiger partial charge in [-0.05, 0) is 57.5 Å². The van der Waals surface area contributed by atoms with E-state index in [1.54, 1.807) is 0 Å². The first-order valence-corrected chi connectivity index (χ1v) is 19.7. The van der Waals surface area contributed by atoms with Gasteiger partial charge in [0.25, 0.3) is 14.3 Å². The summed E-state index contributed by atoms with van der Waals surface area (Å²) in [4.78, 5) is 12.5. The third-order valence-electron chi connectivity index (χ3n) is 5.67. The quantitative estimate of drug-likeness (QED) is 0.343. The van der Waals surface area contributed by atoms with E-state index >= 15 is 0 Å². The van der Waals surface area contributed by atoms with Crippen molar-refractivity contribution < 1.29 is 18.1 Å². The second-order valence-corrected chi connectivity index (χ2v) is 23.3. The van der Waals surface area contributed by atoms with Crippen LogP contribution in [0.3, 0.4) is 0 Å².